The van der Waals surface area contributed by atoms with Crippen LogP contribution < -0.4 is 10.9 Å². The van der Waals surface area contributed by atoms with Gasteiger partial charge in [0.15, 0.2) is 0 Å². The molecule has 2 aliphatic heterocycles. The van der Waals surface area contributed by atoms with Gasteiger partial charge in [-0.05, 0) is 37.8 Å². The summed E-state index contributed by atoms with van der Waals surface area (Å²) in [7, 11) is -1.56. The van der Waals surface area contributed by atoms with E-state index in [9.17, 15) is 18.0 Å². The van der Waals surface area contributed by atoms with Crippen molar-refractivity contribution in [1.82, 2.24) is 13.8 Å². The first-order valence-corrected chi connectivity index (χ1v) is 10.1. The molecule has 138 valence electrons. The van der Waals surface area contributed by atoms with E-state index >= 15 is 0 Å². The number of pyridine rings is 1. The smallest absolute Gasteiger partial charge is 0.322 e. The van der Waals surface area contributed by atoms with Gasteiger partial charge in [-0.1, -0.05) is 0 Å². The van der Waals surface area contributed by atoms with Crippen LogP contribution >= 0.6 is 0 Å². The average Bonchev–Trinajstić information content (AvgIpc) is 2.94. The van der Waals surface area contributed by atoms with Crippen molar-refractivity contribution < 1.29 is 13.2 Å². The van der Waals surface area contributed by atoms with Crippen molar-refractivity contribution in [3.05, 3.63) is 28.2 Å². The third-order valence-electron chi connectivity index (χ3n) is 4.94. The van der Waals surface area contributed by atoms with Crippen LogP contribution in [0.1, 0.15) is 24.8 Å². The molecular formula is C16H24N4O4S. The Morgan fingerprint density at radius 3 is 2.72 bits per heavy atom. The van der Waals surface area contributed by atoms with E-state index in [1.807, 2.05) is 0 Å². The number of urea groups is 1. The quantitative estimate of drug-likeness (QED) is 0.833. The minimum atomic E-state index is -3.19. The highest BCUT2D eigenvalue weighted by Crippen LogP contribution is 2.24. The van der Waals surface area contributed by atoms with Crippen molar-refractivity contribution >= 4 is 21.7 Å². The summed E-state index contributed by atoms with van der Waals surface area (Å²) in [5, 5.41) is 2.71. The van der Waals surface area contributed by atoms with Gasteiger partial charge in [-0.3, -0.25) is 4.79 Å². The van der Waals surface area contributed by atoms with Gasteiger partial charge in [-0.2, -0.15) is 4.31 Å². The maximum atomic E-state index is 12.6. The molecule has 1 aromatic rings. The Bertz CT molecular complexity index is 833. The lowest BCUT2D eigenvalue weighted by molar-refractivity contribution is 0.163. The zero-order chi connectivity index (χ0) is 18.2. The molecule has 1 aromatic heterocycles. The van der Waals surface area contributed by atoms with E-state index in [2.05, 4.69) is 5.32 Å². The Balaban J connectivity index is 1.73. The number of aromatic nitrogens is 1. The van der Waals surface area contributed by atoms with Crippen molar-refractivity contribution in [2.24, 2.45) is 7.05 Å². The van der Waals surface area contributed by atoms with Gasteiger partial charge in [-0.25, -0.2) is 13.2 Å². The average molecular weight is 368 g/mol. The Kier molecular flexibility index (Phi) is 4.88. The van der Waals surface area contributed by atoms with Gasteiger partial charge in [0.1, 0.15) is 5.69 Å². The zero-order valence-electron chi connectivity index (χ0n) is 14.6. The summed E-state index contributed by atoms with van der Waals surface area (Å²) in [4.78, 5) is 26.4. The minimum Gasteiger partial charge on any atom is -0.323 e. The van der Waals surface area contributed by atoms with Gasteiger partial charge in [0.2, 0.25) is 10.0 Å². The molecule has 2 saturated heterocycles. The Morgan fingerprint density at radius 2 is 2.04 bits per heavy atom. The molecule has 2 amide bonds. The van der Waals surface area contributed by atoms with Crippen LogP contribution in [0.2, 0.25) is 0 Å². The van der Waals surface area contributed by atoms with Crippen LogP contribution in [0.5, 0.6) is 0 Å². The first-order chi connectivity index (χ1) is 11.8. The fourth-order valence-corrected chi connectivity index (χ4v) is 5.26. The third kappa shape index (κ3) is 3.57. The Hall–Kier alpha value is -1.87. The summed E-state index contributed by atoms with van der Waals surface area (Å²) in [6.07, 6.45) is 3.80. The van der Waals surface area contributed by atoms with Crippen molar-refractivity contribution in [3.8, 4) is 0 Å². The third-order valence-corrected chi connectivity index (χ3v) is 6.94. The van der Waals surface area contributed by atoms with Gasteiger partial charge in [-0.15, -0.1) is 0 Å². The summed E-state index contributed by atoms with van der Waals surface area (Å²) >= 11 is 0. The number of hydrogen-bond donors (Lipinski definition) is 1. The largest absolute Gasteiger partial charge is 0.323 e. The number of sulfonamides is 1. The van der Waals surface area contributed by atoms with Gasteiger partial charge in [0.05, 0.1) is 5.75 Å². The molecule has 0 spiro atoms. The Labute approximate surface area is 147 Å². The van der Waals surface area contributed by atoms with Crippen molar-refractivity contribution in [3.63, 3.8) is 0 Å². The highest BCUT2D eigenvalue weighted by molar-refractivity contribution is 7.89. The molecule has 0 unspecified atom stereocenters. The van der Waals surface area contributed by atoms with Crippen LogP contribution in [-0.2, 0) is 17.1 Å². The number of rotatable bonds is 2. The molecule has 2 fully saturated rings. The SMILES string of the molecule is Cc1ccn(C)c(=O)c1NC(=O)N1CCC[C@H](N2CCCS2(=O)=O)C1. The number of piperidine rings is 1. The van der Waals surface area contributed by atoms with E-state index in [-0.39, 0.29) is 29.1 Å². The molecule has 1 atom stereocenters. The predicted molar refractivity (Wildman–Crippen MR) is 95.1 cm³/mol. The second-order valence-corrected chi connectivity index (χ2v) is 8.78. The number of carbonyl (C=O) groups excluding carboxylic acids is 1. The lowest BCUT2D eigenvalue weighted by Crippen LogP contribution is -2.51. The van der Waals surface area contributed by atoms with Crippen LogP contribution in [0.3, 0.4) is 0 Å². The number of hydrogen-bond acceptors (Lipinski definition) is 4. The molecule has 8 nitrogen and oxygen atoms in total. The fourth-order valence-electron chi connectivity index (χ4n) is 3.50. The lowest BCUT2D eigenvalue weighted by atomic mass is 10.1. The predicted octanol–water partition coefficient (Wildman–Crippen LogP) is 0.726. The molecule has 0 aliphatic carbocycles. The molecule has 0 saturated carbocycles. The van der Waals surface area contributed by atoms with Gasteiger partial charge >= 0.3 is 6.03 Å². The maximum Gasteiger partial charge on any atom is 0.322 e. The van der Waals surface area contributed by atoms with Crippen molar-refractivity contribution in [2.45, 2.75) is 32.2 Å². The minimum absolute atomic E-state index is 0.174. The summed E-state index contributed by atoms with van der Waals surface area (Å²) in [5.41, 5.74) is 0.710. The molecule has 0 radical (unpaired) electrons. The molecular weight excluding hydrogens is 344 g/mol. The van der Waals surface area contributed by atoms with E-state index in [0.717, 1.165) is 12.8 Å². The van der Waals surface area contributed by atoms with Crippen LogP contribution in [-0.4, -0.2) is 59.7 Å². The van der Waals surface area contributed by atoms with E-state index in [1.54, 1.807) is 35.4 Å². The molecule has 2 aliphatic rings. The number of amides is 2. The van der Waals surface area contributed by atoms with Gasteiger partial charge in [0.25, 0.3) is 5.56 Å². The number of nitrogens with zero attached hydrogens (tertiary/aromatic N) is 3. The summed E-state index contributed by atoms with van der Waals surface area (Å²) < 4.78 is 27.2. The monoisotopic (exact) mass is 368 g/mol. The molecule has 1 N–H and O–H groups in total. The number of likely N-dealkylation sites (tertiary alicyclic amines) is 1. The van der Waals surface area contributed by atoms with E-state index < -0.39 is 10.0 Å². The molecule has 9 heteroatoms. The maximum absolute atomic E-state index is 12.6. The van der Waals surface area contributed by atoms with Crippen LogP contribution in [0.25, 0.3) is 0 Å². The van der Waals surface area contributed by atoms with Crippen LogP contribution in [0, 0.1) is 6.92 Å². The van der Waals surface area contributed by atoms with Crippen molar-refractivity contribution in [2.75, 3.05) is 30.7 Å². The first kappa shape index (κ1) is 17.9. The normalized spacial score (nSPS) is 23.6. The number of aryl methyl sites for hydroxylation is 2. The van der Waals surface area contributed by atoms with E-state index in [4.69, 9.17) is 0 Å². The number of nitrogens with one attached hydrogen (secondary N) is 1. The molecule has 25 heavy (non-hydrogen) atoms. The van der Waals surface area contributed by atoms with Crippen LogP contribution in [0.4, 0.5) is 10.5 Å². The lowest BCUT2D eigenvalue weighted by Gasteiger charge is -2.36. The van der Waals surface area contributed by atoms with Crippen LogP contribution in [0.15, 0.2) is 17.1 Å². The first-order valence-electron chi connectivity index (χ1n) is 8.51. The van der Waals surface area contributed by atoms with Gasteiger partial charge < -0.3 is 14.8 Å². The standard InChI is InChI=1S/C16H24N4O4S/c1-12-6-9-18(2)15(21)14(12)17-16(22)19-7-3-5-13(11-19)20-8-4-10-25(20,23)24/h6,9,13H,3-5,7-8,10-11H2,1-2H3,(H,17,22)/t13-/m0/s1. The molecule has 0 bridgehead atoms. The molecule has 0 aromatic carbocycles. The summed E-state index contributed by atoms with van der Waals surface area (Å²) in [5.74, 6) is 0.189. The van der Waals surface area contributed by atoms with E-state index in [0.29, 0.717) is 31.6 Å². The van der Waals surface area contributed by atoms with Gasteiger partial charge in [0, 0.05) is 38.9 Å². The molecule has 3 heterocycles. The summed E-state index contributed by atoms with van der Waals surface area (Å²) in [6, 6.07) is 1.24. The molecule has 3 rings (SSSR count). The second kappa shape index (κ2) is 6.80. The second-order valence-electron chi connectivity index (χ2n) is 6.74. The summed E-state index contributed by atoms with van der Waals surface area (Å²) in [6.45, 7) is 3.22. The topological polar surface area (TPSA) is 91.7 Å². The Morgan fingerprint density at radius 1 is 1.28 bits per heavy atom. The fraction of sp³-hybridized carbons (Fsp3) is 0.625. The van der Waals surface area contributed by atoms with E-state index in [1.165, 1.54) is 4.57 Å². The van der Waals surface area contributed by atoms with Crippen molar-refractivity contribution in [1.29, 1.82) is 0 Å². The number of carbonyl (C=O) groups is 1. The zero-order valence-corrected chi connectivity index (χ0v) is 15.4. The highest BCUT2D eigenvalue weighted by Gasteiger charge is 2.37. The number of anilines is 1. The highest BCUT2D eigenvalue weighted by atomic mass is 32.2.